The molecule has 4 nitrogen and oxygen atoms in total. The summed E-state index contributed by atoms with van der Waals surface area (Å²) in [6.07, 6.45) is 2.29. The summed E-state index contributed by atoms with van der Waals surface area (Å²) in [5.74, 6) is 0.331. The molecule has 0 bridgehead atoms. The molecule has 0 aliphatic heterocycles. The standard InChI is InChI=1S/C11H17N3O/c1-4-11(3,12)10(15)14-9-6-5-8(2)7-13-9/h5-7H,4,12H2,1-3H3,(H,13,14,15). The molecule has 0 aliphatic carbocycles. The van der Waals surface area contributed by atoms with Crippen LogP contribution in [0, 0.1) is 6.92 Å². The Morgan fingerprint density at radius 2 is 2.27 bits per heavy atom. The molecule has 0 spiro atoms. The summed E-state index contributed by atoms with van der Waals surface area (Å²) in [5.41, 5.74) is 6.01. The van der Waals surface area contributed by atoms with Crippen molar-refractivity contribution in [2.45, 2.75) is 32.7 Å². The lowest BCUT2D eigenvalue weighted by atomic mass is 10.00. The lowest BCUT2D eigenvalue weighted by molar-refractivity contribution is -0.120. The molecule has 0 saturated heterocycles. The summed E-state index contributed by atoms with van der Waals surface area (Å²) in [4.78, 5) is 15.8. The van der Waals surface area contributed by atoms with E-state index in [0.29, 0.717) is 12.2 Å². The van der Waals surface area contributed by atoms with Crippen molar-refractivity contribution < 1.29 is 4.79 Å². The van der Waals surface area contributed by atoms with Gasteiger partial charge in [-0.2, -0.15) is 0 Å². The Hall–Kier alpha value is -1.42. The molecule has 4 heteroatoms. The Labute approximate surface area is 89.9 Å². The molecule has 1 heterocycles. The van der Waals surface area contributed by atoms with Gasteiger partial charge in [-0.15, -0.1) is 0 Å². The molecule has 1 aromatic heterocycles. The molecule has 1 unspecified atom stereocenters. The van der Waals surface area contributed by atoms with Gasteiger partial charge in [0.1, 0.15) is 5.82 Å². The molecule has 0 radical (unpaired) electrons. The van der Waals surface area contributed by atoms with Crippen molar-refractivity contribution in [3.05, 3.63) is 23.9 Å². The molecule has 0 saturated carbocycles. The summed E-state index contributed by atoms with van der Waals surface area (Å²) < 4.78 is 0. The fraction of sp³-hybridized carbons (Fsp3) is 0.455. The predicted octanol–water partition coefficient (Wildman–Crippen LogP) is 1.46. The highest BCUT2D eigenvalue weighted by molar-refractivity contribution is 5.96. The topological polar surface area (TPSA) is 68.0 Å². The maximum atomic E-state index is 11.7. The fourth-order valence-electron chi connectivity index (χ4n) is 0.961. The van der Waals surface area contributed by atoms with Crippen molar-refractivity contribution in [2.75, 3.05) is 5.32 Å². The monoisotopic (exact) mass is 207 g/mol. The second-order valence-corrected chi connectivity index (χ2v) is 3.95. The van der Waals surface area contributed by atoms with Gasteiger partial charge in [-0.25, -0.2) is 4.98 Å². The van der Waals surface area contributed by atoms with Crippen LogP contribution in [0.2, 0.25) is 0 Å². The van der Waals surface area contributed by atoms with E-state index in [0.717, 1.165) is 5.56 Å². The largest absolute Gasteiger partial charge is 0.318 e. The fourth-order valence-corrected chi connectivity index (χ4v) is 0.961. The van der Waals surface area contributed by atoms with Gasteiger partial charge in [0.25, 0.3) is 0 Å². The molecule has 1 amide bonds. The van der Waals surface area contributed by atoms with E-state index in [-0.39, 0.29) is 5.91 Å². The average Bonchev–Trinajstić information content (AvgIpc) is 2.21. The van der Waals surface area contributed by atoms with Crippen LogP contribution in [0.3, 0.4) is 0 Å². The van der Waals surface area contributed by atoms with Gasteiger partial charge in [0.2, 0.25) is 5.91 Å². The average molecular weight is 207 g/mol. The maximum Gasteiger partial charge on any atom is 0.245 e. The Morgan fingerprint density at radius 3 is 2.73 bits per heavy atom. The molecule has 1 atom stereocenters. The van der Waals surface area contributed by atoms with E-state index in [1.165, 1.54) is 0 Å². The van der Waals surface area contributed by atoms with E-state index in [9.17, 15) is 4.79 Å². The van der Waals surface area contributed by atoms with Crippen LogP contribution in [0.1, 0.15) is 25.8 Å². The number of aryl methyl sites for hydroxylation is 1. The van der Waals surface area contributed by atoms with Crippen LogP contribution < -0.4 is 11.1 Å². The molecule has 82 valence electrons. The second kappa shape index (κ2) is 4.40. The Morgan fingerprint density at radius 1 is 1.60 bits per heavy atom. The zero-order valence-electron chi connectivity index (χ0n) is 9.37. The van der Waals surface area contributed by atoms with Gasteiger partial charge in [0.15, 0.2) is 0 Å². The summed E-state index contributed by atoms with van der Waals surface area (Å²) in [6.45, 7) is 5.52. The number of nitrogens with one attached hydrogen (secondary N) is 1. The summed E-state index contributed by atoms with van der Waals surface area (Å²) in [7, 11) is 0. The van der Waals surface area contributed by atoms with E-state index in [2.05, 4.69) is 10.3 Å². The molecule has 0 fully saturated rings. The Kier molecular flexibility index (Phi) is 3.42. The minimum Gasteiger partial charge on any atom is -0.318 e. The summed E-state index contributed by atoms with van der Waals surface area (Å²) in [6, 6.07) is 3.65. The van der Waals surface area contributed by atoms with E-state index in [4.69, 9.17) is 5.73 Å². The molecular formula is C11H17N3O. The van der Waals surface area contributed by atoms with E-state index >= 15 is 0 Å². The number of hydrogen-bond acceptors (Lipinski definition) is 3. The highest BCUT2D eigenvalue weighted by Crippen LogP contribution is 2.10. The van der Waals surface area contributed by atoms with Gasteiger partial charge in [-0.1, -0.05) is 13.0 Å². The van der Waals surface area contributed by atoms with Crippen LogP contribution in [0.25, 0.3) is 0 Å². The van der Waals surface area contributed by atoms with Crippen LogP contribution in [-0.4, -0.2) is 16.4 Å². The van der Waals surface area contributed by atoms with Crippen LogP contribution >= 0.6 is 0 Å². The van der Waals surface area contributed by atoms with Crippen molar-refractivity contribution in [1.82, 2.24) is 4.98 Å². The quantitative estimate of drug-likeness (QED) is 0.788. The minimum atomic E-state index is -0.841. The summed E-state index contributed by atoms with van der Waals surface area (Å²) in [5, 5.41) is 2.69. The molecular weight excluding hydrogens is 190 g/mol. The van der Waals surface area contributed by atoms with E-state index in [1.54, 1.807) is 19.2 Å². The number of anilines is 1. The molecule has 0 aliphatic rings. The maximum absolute atomic E-state index is 11.7. The second-order valence-electron chi connectivity index (χ2n) is 3.95. The predicted molar refractivity (Wildman–Crippen MR) is 60.5 cm³/mol. The van der Waals surface area contributed by atoms with Crippen molar-refractivity contribution in [1.29, 1.82) is 0 Å². The van der Waals surface area contributed by atoms with E-state index < -0.39 is 5.54 Å². The number of nitrogens with zero attached hydrogens (tertiary/aromatic N) is 1. The van der Waals surface area contributed by atoms with Crippen LogP contribution in [0.5, 0.6) is 0 Å². The first-order chi connectivity index (χ1) is 6.95. The van der Waals surface area contributed by atoms with Gasteiger partial charge < -0.3 is 11.1 Å². The Balaban J connectivity index is 2.71. The minimum absolute atomic E-state index is 0.207. The molecule has 1 aromatic rings. The van der Waals surface area contributed by atoms with Gasteiger partial charge >= 0.3 is 0 Å². The lowest BCUT2D eigenvalue weighted by Gasteiger charge is -2.21. The third-order valence-electron chi connectivity index (χ3n) is 2.41. The zero-order valence-corrected chi connectivity index (χ0v) is 9.37. The van der Waals surface area contributed by atoms with Crippen molar-refractivity contribution >= 4 is 11.7 Å². The third-order valence-corrected chi connectivity index (χ3v) is 2.41. The highest BCUT2D eigenvalue weighted by Gasteiger charge is 2.25. The van der Waals surface area contributed by atoms with Crippen LogP contribution in [0.15, 0.2) is 18.3 Å². The molecule has 15 heavy (non-hydrogen) atoms. The number of aromatic nitrogens is 1. The Bertz CT molecular complexity index is 343. The molecule has 0 aromatic carbocycles. The van der Waals surface area contributed by atoms with Gasteiger partial charge in [-0.3, -0.25) is 4.79 Å². The normalized spacial score (nSPS) is 14.4. The summed E-state index contributed by atoms with van der Waals surface area (Å²) >= 11 is 0. The first kappa shape index (κ1) is 11.7. The number of rotatable bonds is 3. The lowest BCUT2D eigenvalue weighted by Crippen LogP contribution is -2.47. The molecule has 1 rings (SSSR count). The third kappa shape index (κ3) is 3.02. The number of carbonyl (C=O) groups is 1. The van der Waals surface area contributed by atoms with Gasteiger partial charge in [-0.05, 0) is 31.9 Å². The number of carbonyl (C=O) groups excluding carboxylic acids is 1. The number of hydrogen-bond donors (Lipinski definition) is 2. The highest BCUT2D eigenvalue weighted by atomic mass is 16.2. The van der Waals surface area contributed by atoms with Crippen molar-refractivity contribution in [2.24, 2.45) is 5.73 Å². The first-order valence-electron chi connectivity index (χ1n) is 4.98. The zero-order chi connectivity index (χ0) is 11.5. The van der Waals surface area contributed by atoms with E-state index in [1.807, 2.05) is 19.9 Å². The van der Waals surface area contributed by atoms with Crippen LogP contribution in [-0.2, 0) is 4.79 Å². The van der Waals surface area contributed by atoms with Crippen LogP contribution in [0.4, 0.5) is 5.82 Å². The SMILES string of the molecule is CCC(C)(N)C(=O)Nc1ccc(C)cn1. The molecule has 3 N–H and O–H groups in total. The number of amides is 1. The van der Waals surface area contributed by atoms with Gasteiger partial charge in [0, 0.05) is 6.20 Å². The smallest absolute Gasteiger partial charge is 0.245 e. The van der Waals surface area contributed by atoms with Crippen molar-refractivity contribution in [3.63, 3.8) is 0 Å². The first-order valence-corrected chi connectivity index (χ1v) is 4.98. The number of pyridine rings is 1. The van der Waals surface area contributed by atoms with Gasteiger partial charge in [0.05, 0.1) is 5.54 Å². The number of nitrogens with two attached hydrogens (primary N) is 1. The van der Waals surface area contributed by atoms with Crippen molar-refractivity contribution in [3.8, 4) is 0 Å².